The molecule has 0 bridgehead atoms. The first-order chi connectivity index (χ1) is 12.8. The van der Waals surface area contributed by atoms with E-state index in [1.54, 1.807) is 4.90 Å². The Morgan fingerprint density at radius 1 is 1.19 bits per heavy atom. The number of carbonyl (C=O) groups excluding carboxylic acids is 1. The van der Waals surface area contributed by atoms with Crippen LogP contribution >= 0.6 is 0 Å². The molecule has 1 saturated heterocycles. The van der Waals surface area contributed by atoms with E-state index in [9.17, 15) is 22.4 Å². The third-order valence-electron chi connectivity index (χ3n) is 4.60. The number of halogens is 4. The van der Waals surface area contributed by atoms with Crippen molar-refractivity contribution in [3.63, 3.8) is 0 Å². The summed E-state index contributed by atoms with van der Waals surface area (Å²) >= 11 is 0. The van der Waals surface area contributed by atoms with E-state index in [2.05, 4.69) is 10.1 Å². The van der Waals surface area contributed by atoms with Gasteiger partial charge in [-0.25, -0.2) is 4.39 Å². The van der Waals surface area contributed by atoms with Crippen LogP contribution in [0.3, 0.4) is 0 Å². The van der Waals surface area contributed by atoms with Crippen molar-refractivity contribution in [3.05, 3.63) is 48.0 Å². The van der Waals surface area contributed by atoms with Crippen LogP contribution in [0.4, 0.5) is 17.6 Å². The van der Waals surface area contributed by atoms with E-state index < -0.39 is 17.6 Å². The van der Waals surface area contributed by atoms with Gasteiger partial charge in [-0.15, -0.1) is 0 Å². The van der Waals surface area contributed by atoms with Crippen molar-refractivity contribution in [2.75, 3.05) is 13.1 Å². The molecule has 0 spiro atoms. The van der Waals surface area contributed by atoms with Crippen molar-refractivity contribution < 1.29 is 22.4 Å². The minimum absolute atomic E-state index is 0.000291. The van der Waals surface area contributed by atoms with Crippen molar-refractivity contribution in [2.24, 2.45) is 0 Å². The monoisotopic (exact) mass is 378 g/mol. The topological polar surface area (TPSA) is 51.0 Å². The fraction of sp³-hybridized carbons (Fsp3) is 0.278. The van der Waals surface area contributed by atoms with Gasteiger partial charge >= 0.3 is 6.18 Å². The maximum Gasteiger partial charge on any atom is 0.419 e. The third kappa shape index (κ3) is 3.13. The molecule has 0 saturated carbocycles. The van der Waals surface area contributed by atoms with Crippen LogP contribution in [0, 0.1) is 5.82 Å². The van der Waals surface area contributed by atoms with Crippen molar-refractivity contribution in [1.29, 1.82) is 0 Å². The average molecular weight is 378 g/mol. The molecule has 1 aliphatic rings. The zero-order chi connectivity index (χ0) is 19.2. The number of aromatic nitrogens is 3. The largest absolute Gasteiger partial charge is 0.419 e. The SMILES string of the molecule is O=C(Cn1ncc2ncc(-c3cccc(C(F)(F)F)c3F)cc21)N1CCC1. The van der Waals surface area contributed by atoms with Gasteiger partial charge in [0, 0.05) is 30.4 Å². The van der Waals surface area contributed by atoms with E-state index in [0.717, 1.165) is 12.5 Å². The van der Waals surface area contributed by atoms with E-state index in [1.807, 2.05) is 0 Å². The molecule has 3 aromatic rings. The normalized spacial score (nSPS) is 14.4. The number of pyridine rings is 1. The first kappa shape index (κ1) is 17.4. The van der Waals surface area contributed by atoms with Gasteiger partial charge in [0.2, 0.25) is 5.91 Å². The van der Waals surface area contributed by atoms with Gasteiger partial charge in [0.15, 0.2) is 0 Å². The molecule has 0 atom stereocenters. The summed E-state index contributed by atoms with van der Waals surface area (Å²) in [7, 11) is 0. The number of fused-ring (bicyclic) bond motifs is 1. The van der Waals surface area contributed by atoms with Crippen molar-refractivity contribution >= 4 is 16.9 Å². The fourth-order valence-corrected chi connectivity index (χ4v) is 3.00. The van der Waals surface area contributed by atoms with E-state index in [-0.39, 0.29) is 23.6 Å². The molecule has 27 heavy (non-hydrogen) atoms. The summed E-state index contributed by atoms with van der Waals surface area (Å²) in [6.45, 7) is 1.41. The standard InChI is InChI=1S/C18H14F4N4O/c19-17-12(3-1-4-13(17)18(20,21)22)11-7-15-14(23-8-11)9-24-26(15)10-16(27)25-5-2-6-25/h1,3-4,7-9H,2,5-6,10H2. The number of nitrogens with zero attached hydrogens (tertiary/aromatic N) is 4. The van der Waals surface area contributed by atoms with Crippen LogP contribution in [0.25, 0.3) is 22.2 Å². The maximum absolute atomic E-state index is 14.4. The highest BCUT2D eigenvalue weighted by molar-refractivity contribution is 5.83. The average Bonchev–Trinajstić information content (AvgIpc) is 2.94. The second-order valence-electron chi connectivity index (χ2n) is 6.33. The predicted octanol–water partition coefficient (Wildman–Crippen LogP) is 3.49. The first-order valence-electron chi connectivity index (χ1n) is 8.30. The summed E-state index contributed by atoms with van der Waals surface area (Å²) in [6, 6.07) is 4.60. The Bertz CT molecular complexity index is 1020. The molecule has 0 unspecified atom stereocenters. The van der Waals surface area contributed by atoms with E-state index in [0.29, 0.717) is 30.2 Å². The molecular weight excluding hydrogens is 364 g/mol. The Hall–Kier alpha value is -2.97. The molecule has 1 fully saturated rings. The van der Waals surface area contributed by atoms with Gasteiger partial charge < -0.3 is 4.90 Å². The number of likely N-dealkylation sites (tertiary alicyclic amines) is 1. The fourth-order valence-electron chi connectivity index (χ4n) is 3.00. The molecule has 1 aromatic carbocycles. The zero-order valence-corrected chi connectivity index (χ0v) is 14.0. The van der Waals surface area contributed by atoms with Gasteiger partial charge in [-0.2, -0.15) is 18.3 Å². The molecule has 2 aromatic heterocycles. The highest BCUT2D eigenvalue weighted by atomic mass is 19.4. The van der Waals surface area contributed by atoms with Crippen LogP contribution in [0.1, 0.15) is 12.0 Å². The zero-order valence-electron chi connectivity index (χ0n) is 14.0. The van der Waals surface area contributed by atoms with E-state index >= 15 is 0 Å². The minimum atomic E-state index is -4.79. The molecule has 3 heterocycles. The first-order valence-corrected chi connectivity index (χ1v) is 8.30. The van der Waals surface area contributed by atoms with Gasteiger partial charge in [0.05, 0.1) is 17.3 Å². The molecule has 140 valence electrons. The Morgan fingerprint density at radius 2 is 1.96 bits per heavy atom. The predicted molar refractivity (Wildman–Crippen MR) is 89.1 cm³/mol. The van der Waals surface area contributed by atoms with Crippen LogP contribution in [0.5, 0.6) is 0 Å². The van der Waals surface area contributed by atoms with Crippen LogP contribution in [-0.2, 0) is 17.5 Å². The molecule has 0 radical (unpaired) electrons. The second kappa shape index (κ2) is 6.33. The lowest BCUT2D eigenvalue weighted by Gasteiger charge is -2.30. The summed E-state index contributed by atoms with van der Waals surface area (Å²) in [4.78, 5) is 18.0. The molecule has 0 N–H and O–H groups in total. The van der Waals surface area contributed by atoms with Gasteiger partial charge in [0.1, 0.15) is 17.9 Å². The summed E-state index contributed by atoms with van der Waals surface area (Å²) in [6.07, 6.45) is -1.07. The van der Waals surface area contributed by atoms with Crippen LogP contribution in [0.2, 0.25) is 0 Å². The highest BCUT2D eigenvalue weighted by Gasteiger charge is 2.35. The van der Waals surface area contributed by atoms with Gasteiger partial charge in [-0.05, 0) is 18.6 Å². The molecule has 9 heteroatoms. The van der Waals surface area contributed by atoms with E-state index in [1.165, 1.54) is 29.2 Å². The smallest absolute Gasteiger partial charge is 0.341 e. The summed E-state index contributed by atoms with van der Waals surface area (Å²) in [5, 5.41) is 4.12. The van der Waals surface area contributed by atoms with Crippen LogP contribution in [-0.4, -0.2) is 38.7 Å². The maximum atomic E-state index is 14.4. The van der Waals surface area contributed by atoms with Crippen molar-refractivity contribution in [2.45, 2.75) is 19.1 Å². The number of hydrogen-bond acceptors (Lipinski definition) is 3. The van der Waals surface area contributed by atoms with Gasteiger partial charge in [-0.3, -0.25) is 14.5 Å². The minimum Gasteiger partial charge on any atom is -0.341 e. The Morgan fingerprint density at radius 3 is 2.63 bits per heavy atom. The Balaban J connectivity index is 1.73. The lowest BCUT2D eigenvalue weighted by atomic mass is 10.0. The van der Waals surface area contributed by atoms with Crippen LogP contribution in [0.15, 0.2) is 36.7 Å². The van der Waals surface area contributed by atoms with Crippen molar-refractivity contribution in [1.82, 2.24) is 19.7 Å². The lowest BCUT2D eigenvalue weighted by Crippen LogP contribution is -2.43. The summed E-state index contributed by atoms with van der Waals surface area (Å²) in [5.41, 5.74) is -0.424. The number of benzene rings is 1. The van der Waals surface area contributed by atoms with Crippen molar-refractivity contribution in [3.8, 4) is 11.1 Å². The Kier molecular flexibility index (Phi) is 4.09. The van der Waals surface area contributed by atoms with Gasteiger partial charge in [-0.1, -0.05) is 12.1 Å². The molecule has 0 aliphatic carbocycles. The molecule has 4 rings (SSSR count). The number of alkyl halides is 3. The second-order valence-corrected chi connectivity index (χ2v) is 6.33. The third-order valence-corrected chi connectivity index (χ3v) is 4.60. The highest BCUT2D eigenvalue weighted by Crippen LogP contribution is 2.35. The molecule has 1 amide bonds. The quantitative estimate of drug-likeness (QED) is 0.656. The number of amides is 1. The van der Waals surface area contributed by atoms with Crippen LogP contribution < -0.4 is 0 Å². The molecule has 1 aliphatic heterocycles. The number of rotatable bonds is 3. The van der Waals surface area contributed by atoms with E-state index in [4.69, 9.17) is 0 Å². The number of hydrogen-bond donors (Lipinski definition) is 0. The summed E-state index contributed by atoms with van der Waals surface area (Å²) in [5.74, 6) is -1.45. The Labute approximate surface area is 151 Å². The molecule has 5 nitrogen and oxygen atoms in total. The lowest BCUT2D eigenvalue weighted by molar-refractivity contribution is -0.140. The molecular formula is C18H14F4N4O. The summed E-state index contributed by atoms with van der Waals surface area (Å²) < 4.78 is 54.7. The number of carbonyl (C=O) groups is 1. The van der Waals surface area contributed by atoms with Gasteiger partial charge in [0.25, 0.3) is 0 Å².